The Labute approximate surface area is 115 Å². The SMILES string of the molecule is CCS(=O)(=O)CCCC(NC)c1cc(C)c(C)s1. The van der Waals surface area contributed by atoms with Gasteiger partial charge in [-0.3, -0.25) is 0 Å². The molecule has 0 aliphatic rings. The van der Waals surface area contributed by atoms with Crippen LogP contribution in [-0.4, -0.2) is 27.0 Å². The fraction of sp³-hybridized carbons (Fsp3) is 0.692. The second kappa shape index (κ2) is 6.68. The number of hydrogen-bond donors (Lipinski definition) is 1. The van der Waals surface area contributed by atoms with Crippen LogP contribution < -0.4 is 5.32 Å². The van der Waals surface area contributed by atoms with Crippen LogP contribution in [0.15, 0.2) is 6.07 Å². The molecule has 1 aromatic heterocycles. The first-order valence-corrected chi connectivity index (χ1v) is 8.98. The largest absolute Gasteiger partial charge is 0.312 e. The van der Waals surface area contributed by atoms with Gasteiger partial charge in [-0.15, -0.1) is 11.3 Å². The minimum atomic E-state index is -2.83. The zero-order chi connectivity index (χ0) is 13.8. The van der Waals surface area contributed by atoms with Crippen molar-refractivity contribution in [2.24, 2.45) is 0 Å². The van der Waals surface area contributed by atoms with Crippen LogP contribution >= 0.6 is 11.3 Å². The molecule has 18 heavy (non-hydrogen) atoms. The molecule has 1 aromatic rings. The van der Waals surface area contributed by atoms with Crippen molar-refractivity contribution >= 4 is 21.2 Å². The lowest BCUT2D eigenvalue weighted by Gasteiger charge is -2.14. The Morgan fingerprint density at radius 1 is 1.39 bits per heavy atom. The summed E-state index contributed by atoms with van der Waals surface area (Å²) in [5.74, 6) is 0.541. The molecule has 5 heteroatoms. The standard InChI is InChI=1S/C13H23NO2S2/c1-5-18(15,16)8-6-7-12(14-4)13-9-10(2)11(3)17-13/h9,12,14H,5-8H2,1-4H3. The summed E-state index contributed by atoms with van der Waals surface area (Å²) < 4.78 is 22.9. The molecule has 1 atom stereocenters. The Hall–Kier alpha value is -0.390. The van der Waals surface area contributed by atoms with Gasteiger partial charge in [0, 0.05) is 21.5 Å². The topological polar surface area (TPSA) is 46.2 Å². The number of hydrogen-bond acceptors (Lipinski definition) is 4. The molecule has 0 fully saturated rings. The maximum atomic E-state index is 11.4. The molecule has 104 valence electrons. The van der Waals surface area contributed by atoms with Gasteiger partial charge in [-0.1, -0.05) is 6.92 Å². The predicted octanol–water partition coefficient (Wildman–Crippen LogP) is 2.84. The number of sulfone groups is 1. The Balaban J connectivity index is 2.58. The van der Waals surface area contributed by atoms with Crippen molar-refractivity contribution in [2.75, 3.05) is 18.6 Å². The molecular formula is C13H23NO2S2. The molecule has 0 aliphatic carbocycles. The predicted molar refractivity (Wildman–Crippen MR) is 79.2 cm³/mol. The van der Waals surface area contributed by atoms with Crippen molar-refractivity contribution in [3.63, 3.8) is 0 Å². The first kappa shape index (κ1) is 15.7. The quantitative estimate of drug-likeness (QED) is 0.839. The summed E-state index contributed by atoms with van der Waals surface area (Å²) in [4.78, 5) is 2.65. The van der Waals surface area contributed by atoms with Crippen LogP contribution in [0.3, 0.4) is 0 Å². The molecule has 1 unspecified atom stereocenters. The Kier molecular flexibility index (Phi) is 5.82. The van der Waals surface area contributed by atoms with Crippen LogP contribution in [0.25, 0.3) is 0 Å². The van der Waals surface area contributed by atoms with Gasteiger partial charge in [-0.05, 0) is 45.4 Å². The summed E-state index contributed by atoms with van der Waals surface area (Å²) in [5.41, 5.74) is 1.32. The van der Waals surface area contributed by atoms with Crippen molar-refractivity contribution in [1.29, 1.82) is 0 Å². The lowest BCUT2D eigenvalue weighted by molar-refractivity contribution is 0.542. The van der Waals surface area contributed by atoms with E-state index < -0.39 is 9.84 Å². The first-order valence-electron chi connectivity index (χ1n) is 6.34. The van der Waals surface area contributed by atoms with Crippen LogP contribution in [-0.2, 0) is 9.84 Å². The fourth-order valence-electron chi connectivity index (χ4n) is 1.85. The molecule has 1 rings (SSSR count). The molecule has 0 radical (unpaired) electrons. The van der Waals surface area contributed by atoms with E-state index >= 15 is 0 Å². The highest BCUT2D eigenvalue weighted by Gasteiger charge is 2.14. The fourth-order valence-corrected chi connectivity index (χ4v) is 3.94. The van der Waals surface area contributed by atoms with Gasteiger partial charge in [-0.2, -0.15) is 0 Å². The zero-order valence-electron chi connectivity index (χ0n) is 11.6. The second-order valence-electron chi connectivity index (χ2n) is 4.61. The lowest BCUT2D eigenvalue weighted by Crippen LogP contribution is -2.17. The van der Waals surface area contributed by atoms with E-state index in [-0.39, 0.29) is 11.8 Å². The van der Waals surface area contributed by atoms with Crippen LogP contribution in [0.2, 0.25) is 0 Å². The highest BCUT2D eigenvalue weighted by atomic mass is 32.2. The highest BCUT2D eigenvalue weighted by Crippen LogP contribution is 2.28. The molecule has 3 nitrogen and oxygen atoms in total. The third-order valence-electron chi connectivity index (χ3n) is 3.26. The number of rotatable bonds is 7. The van der Waals surface area contributed by atoms with E-state index in [0.29, 0.717) is 5.75 Å². The van der Waals surface area contributed by atoms with E-state index in [4.69, 9.17) is 0 Å². The minimum absolute atomic E-state index is 0.244. The smallest absolute Gasteiger partial charge is 0.150 e. The lowest BCUT2D eigenvalue weighted by atomic mass is 10.1. The van der Waals surface area contributed by atoms with Crippen molar-refractivity contribution in [3.8, 4) is 0 Å². The van der Waals surface area contributed by atoms with Gasteiger partial charge in [-0.25, -0.2) is 8.42 Å². The van der Waals surface area contributed by atoms with Gasteiger partial charge in [0.25, 0.3) is 0 Å². The molecule has 0 aliphatic heterocycles. The maximum Gasteiger partial charge on any atom is 0.150 e. The molecule has 0 aromatic carbocycles. The van der Waals surface area contributed by atoms with Gasteiger partial charge in [0.2, 0.25) is 0 Å². The van der Waals surface area contributed by atoms with E-state index in [1.807, 2.05) is 7.05 Å². The van der Waals surface area contributed by atoms with Crippen LogP contribution in [0.5, 0.6) is 0 Å². The van der Waals surface area contributed by atoms with E-state index in [2.05, 4.69) is 25.2 Å². The molecule has 1 N–H and O–H groups in total. The number of nitrogens with one attached hydrogen (secondary N) is 1. The van der Waals surface area contributed by atoms with E-state index in [0.717, 1.165) is 12.8 Å². The highest BCUT2D eigenvalue weighted by molar-refractivity contribution is 7.91. The average molecular weight is 289 g/mol. The van der Waals surface area contributed by atoms with Gasteiger partial charge in [0.05, 0.1) is 5.75 Å². The van der Waals surface area contributed by atoms with Crippen molar-refractivity contribution in [2.45, 2.75) is 39.7 Å². The van der Waals surface area contributed by atoms with E-state index in [1.165, 1.54) is 15.3 Å². The third kappa shape index (κ3) is 4.37. The van der Waals surface area contributed by atoms with E-state index in [9.17, 15) is 8.42 Å². The number of thiophene rings is 1. The average Bonchev–Trinajstić information content (AvgIpc) is 2.65. The Morgan fingerprint density at radius 2 is 2.06 bits per heavy atom. The van der Waals surface area contributed by atoms with Crippen molar-refractivity contribution in [3.05, 3.63) is 21.4 Å². The number of aryl methyl sites for hydroxylation is 2. The molecule has 0 amide bonds. The van der Waals surface area contributed by atoms with E-state index in [1.54, 1.807) is 18.3 Å². The molecule has 0 saturated carbocycles. The van der Waals surface area contributed by atoms with Gasteiger partial charge >= 0.3 is 0 Å². The Morgan fingerprint density at radius 3 is 2.50 bits per heavy atom. The summed E-state index contributed by atoms with van der Waals surface area (Å²) in [6.45, 7) is 5.94. The van der Waals surface area contributed by atoms with Crippen LogP contribution in [0, 0.1) is 13.8 Å². The minimum Gasteiger partial charge on any atom is -0.312 e. The van der Waals surface area contributed by atoms with Crippen molar-refractivity contribution in [1.82, 2.24) is 5.32 Å². The van der Waals surface area contributed by atoms with Gasteiger partial charge < -0.3 is 5.32 Å². The van der Waals surface area contributed by atoms with Crippen LogP contribution in [0.1, 0.15) is 41.1 Å². The van der Waals surface area contributed by atoms with Crippen LogP contribution in [0.4, 0.5) is 0 Å². The van der Waals surface area contributed by atoms with Gasteiger partial charge in [0.1, 0.15) is 9.84 Å². The monoisotopic (exact) mass is 289 g/mol. The second-order valence-corrected chi connectivity index (χ2v) is 8.37. The Bertz CT molecular complexity index is 458. The normalized spacial score (nSPS) is 13.8. The van der Waals surface area contributed by atoms with Gasteiger partial charge in [0.15, 0.2) is 0 Å². The molecule has 0 bridgehead atoms. The summed E-state index contributed by atoms with van der Waals surface area (Å²) in [5, 5.41) is 3.28. The molecule has 1 heterocycles. The summed E-state index contributed by atoms with van der Waals surface area (Å²) in [6, 6.07) is 2.48. The summed E-state index contributed by atoms with van der Waals surface area (Å²) >= 11 is 1.80. The first-order chi connectivity index (χ1) is 8.39. The van der Waals surface area contributed by atoms with Crippen molar-refractivity contribution < 1.29 is 8.42 Å². The summed E-state index contributed by atoms with van der Waals surface area (Å²) in [7, 11) is -0.899. The summed E-state index contributed by atoms with van der Waals surface area (Å²) in [6.07, 6.45) is 1.59. The maximum absolute atomic E-state index is 11.4. The molecule has 0 spiro atoms. The zero-order valence-corrected chi connectivity index (χ0v) is 13.2. The molecule has 0 saturated heterocycles. The third-order valence-corrected chi connectivity index (χ3v) is 6.32. The molecular weight excluding hydrogens is 266 g/mol.